The van der Waals surface area contributed by atoms with Crippen LogP contribution in [0.5, 0.6) is 0 Å². The molecule has 0 atom stereocenters. The number of nitrogens with one attached hydrogen (secondary N) is 1. The van der Waals surface area contributed by atoms with Crippen LogP contribution in [0.1, 0.15) is 37.5 Å². The molecule has 0 bridgehead atoms. The van der Waals surface area contributed by atoms with Gasteiger partial charge in [0.1, 0.15) is 0 Å². The van der Waals surface area contributed by atoms with Gasteiger partial charge < -0.3 is 10.2 Å². The van der Waals surface area contributed by atoms with E-state index in [1.165, 1.54) is 30.6 Å². The monoisotopic (exact) mass is 433 g/mol. The summed E-state index contributed by atoms with van der Waals surface area (Å²) in [6.07, 6.45) is 6.80. The van der Waals surface area contributed by atoms with Gasteiger partial charge in [0, 0.05) is 31.6 Å². The Hall–Kier alpha value is -0.300. The number of hydrogen-bond acceptors (Lipinski definition) is 2. The number of halogens is 1. The second kappa shape index (κ2) is 7.99. The first-order valence-electron chi connectivity index (χ1n) is 8.25. The number of likely N-dealkylation sites (N-methyl/N-ethyl adjacent to an activating group) is 1. The Morgan fingerprint density at radius 3 is 2.77 bits per heavy atom. The molecule has 2 aliphatic rings. The summed E-state index contributed by atoms with van der Waals surface area (Å²) in [6.45, 7) is 5.15. The molecule has 3 nitrogen and oxygen atoms in total. The molecule has 0 aliphatic heterocycles. The minimum atomic E-state index is 0. The Kier molecular flexibility index (Phi) is 6.56. The topological polar surface area (TPSA) is 27.6 Å². The summed E-state index contributed by atoms with van der Waals surface area (Å²) < 4.78 is 0. The van der Waals surface area contributed by atoms with Crippen LogP contribution in [-0.4, -0.2) is 37.5 Å². The van der Waals surface area contributed by atoms with E-state index in [1.807, 2.05) is 11.3 Å². The lowest BCUT2D eigenvalue weighted by molar-refractivity contribution is 0.439. The van der Waals surface area contributed by atoms with Crippen molar-refractivity contribution in [1.29, 1.82) is 0 Å². The Balaban J connectivity index is 0.00000176. The van der Waals surface area contributed by atoms with E-state index in [4.69, 9.17) is 4.99 Å². The lowest BCUT2D eigenvalue weighted by Crippen LogP contribution is -2.40. The van der Waals surface area contributed by atoms with Crippen molar-refractivity contribution in [3.63, 3.8) is 0 Å². The molecule has 2 aliphatic carbocycles. The van der Waals surface area contributed by atoms with Crippen molar-refractivity contribution in [2.24, 2.45) is 16.3 Å². The fraction of sp³-hybridized carbons (Fsp3) is 0.706. The minimum Gasteiger partial charge on any atom is -0.357 e. The molecule has 2 saturated carbocycles. The highest BCUT2D eigenvalue weighted by Gasteiger charge is 2.53. The summed E-state index contributed by atoms with van der Waals surface area (Å²) in [6, 6.07) is 4.35. The van der Waals surface area contributed by atoms with Gasteiger partial charge in [-0.3, -0.25) is 4.99 Å². The van der Waals surface area contributed by atoms with Crippen molar-refractivity contribution in [1.82, 2.24) is 10.2 Å². The third kappa shape index (κ3) is 4.60. The Morgan fingerprint density at radius 2 is 2.23 bits per heavy atom. The molecule has 1 heterocycles. The maximum Gasteiger partial charge on any atom is 0.193 e. The summed E-state index contributed by atoms with van der Waals surface area (Å²) in [7, 11) is 2.16. The Labute approximate surface area is 155 Å². The van der Waals surface area contributed by atoms with Gasteiger partial charge in [0.25, 0.3) is 0 Å². The van der Waals surface area contributed by atoms with Crippen LogP contribution in [0.2, 0.25) is 0 Å². The molecular weight excluding hydrogens is 405 g/mol. The molecule has 5 heteroatoms. The average molecular weight is 433 g/mol. The number of rotatable bonds is 7. The van der Waals surface area contributed by atoms with Crippen molar-refractivity contribution in [3.05, 3.63) is 22.4 Å². The Bertz CT molecular complexity index is 478. The van der Waals surface area contributed by atoms with Gasteiger partial charge in [0.15, 0.2) is 5.96 Å². The summed E-state index contributed by atoms with van der Waals surface area (Å²) >= 11 is 1.84. The van der Waals surface area contributed by atoms with Gasteiger partial charge >= 0.3 is 0 Å². The fourth-order valence-electron chi connectivity index (χ4n) is 3.09. The quantitative estimate of drug-likeness (QED) is 0.400. The molecule has 1 aromatic rings. The highest BCUT2D eigenvalue weighted by atomic mass is 127. The van der Waals surface area contributed by atoms with Crippen LogP contribution in [0.3, 0.4) is 0 Å². The third-order valence-corrected chi connectivity index (χ3v) is 5.79. The van der Waals surface area contributed by atoms with Crippen LogP contribution >= 0.6 is 35.3 Å². The van der Waals surface area contributed by atoms with E-state index >= 15 is 0 Å². The molecule has 0 saturated heterocycles. The van der Waals surface area contributed by atoms with Gasteiger partial charge in [0.2, 0.25) is 0 Å². The van der Waals surface area contributed by atoms with E-state index < -0.39 is 0 Å². The summed E-state index contributed by atoms with van der Waals surface area (Å²) in [4.78, 5) is 8.68. The highest BCUT2D eigenvalue weighted by molar-refractivity contribution is 14.0. The van der Waals surface area contributed by atoms with E-state index in [9.17, 15) is 0 Å². The molecule has 0 radical (unpaired) electrons. The number of hydrogen-bond donors (Lipinski definition) is 1. The summed E-state index contributed by atoms with van der Waals surface area (Å²) in [5.41, 5.74) is 0.593. The summed E-state index contributed by atoms with van der Waals surface area (Å²) in [5.74, 6) is 2.07. The van der Waals surface area contributed by atoms with E-state index in [2.05, 4.69) is 41.7 Å². The number of thiophene rings is 1. The zero-order valence-corrected chi connectivity index (χ0v) is 16.8. The first-order chi connectivity index (χ1) is 10.2. The molecular formula is C17H28IN3S. The van der Waals surface area contributed by atoms with Crippen molar-refractivity contribution in [2.75, 3.05) is 26.7 Å². The van der Waals surface area contributed by atoms with Crippen molar-refractivity contribution in [2.45, 2.75) is 39.0 Å². The van der Waals surface area contributed by atoms with Gasteiger partial charge in [-0.1, -0.05) is 6.07 Å². The predicted molar refractivity (Wildman–Crippen MR) is 106 cm³/mol. The molecule has 1 aromatic heterocycles. The minimum absolute atomic E-state index is 0. The fourth-order valence-corrected chi connectivity index (χ4v) is 3.79. The van der Waals surface area contributed by atoms with Crippen molar-refractivity contribution in [3.8, 4) is 0 Å². The van der Waals surface area contributed by atoms with Crippen molar-refractivity contribution < 1.29 is 0 Å². The number of aliphatic imine (C=N–C) groups is 1. The lowest BCUT2D eigenvalue weighted by atomic mass is 10.0. The molecule has 0 spiro atoms. The van der Waals surface area contributed by atoms with Crippen LogP contribution < -0.4 is 5.32 Å². The molecule has 124 valence electrons. The maximum atomic E-state index is 4.94. The molecule has 3 rings (SSSR count). The first kappa shape index (κ1) is 18.0. The second-order valence-electron chi connectivity index (χ2n) is 6.56. The third-order valence-electron chi connectivity index (χ3n) is 4.85. The van der Waals surface area contributed by atoms with Gasteiger partial charge in [-0.05, 0) is 61.8 Å². The van der Waals surface area contributed by atoms with E-state index in [-0.39, 0.29) is 24.0 Å². The lowest BCUT2D eigenvalue weighted by Gasteiger charge is -2.23. The van der Waals surface area contributed by atoms with E-state index in [0.29, 0.717) is 5.41 Å². The zero-order chi connectivity index (χ0) is 14.7. The van der Waals surface area contributed by atoms with Crippen LogP contribution in [-0.2, 0) is 6.42 Å². The van der Waals surface area contributed by atoms with Gasteiger partial charge in [0.05, 0.1) is 0 Å². The molecule has 1 N–H and O–H groups in total. The first-order valence-corrected chi connectivity index (χ1v) is 9.13. The zero-order valence-electron chi connectivity index (χ0n) is 13.7. The SMILES string of the molecule is CCNC(=NCC1(C2CC2)CC1)N(C)CCc1cccs1.I. The largest absolute Gasteiger partial charge is 0.357 e. The molecule has 22 heavy (non-hydrogen) atoms. The Morgan fingerprint density at radius 1 is 1.45 bits per heavy atom. The van der Waals surface area contributed by atoms with E-state index in [0.717, 1.165) is 37.9 Å². The van der Waals surface area contributed by atoms with Crippen molar-refractivity contribution >= 4 is 41.3 Å². The molecule has 2 fully saturated rings. The van der Waals surface area contributed by atoms with Crippen LogP contribution in [0, 0.1) is 11.3 Å². The molecule has 0 unspecified atom stereocenters. The summed E-state index contributed by atoms with van der Waals surface area (Å²) in [5, 5.41) is 5.61. The maximum absolute atomic E-state index is 4.94. The van der Waals surface area contributed by atoms with Gasteiger partial charge in [-0.25, -0.2) is 0 Å². The second-order valence-corrected chi connectivity index (χ2v) is 7.59. The molecule has 0 aromatic carbocycles. The average Bonchev–Trinajstić information content (AvgIpc) is 3.40. The van der Waals surface area contributed by atoms with Crippen LogP contribution in [0.4, 0.5) is 0 Å². The van der Waals surface area contributed by atoms with Crippen LogP contribution in [0.25, 0.3) is 0 Å². The standard InChI is InChI=1S/C17H27N3S.HI/c1-3-18-16(19-13-17(9-10-17)14-6-7-14)20(2)11-8-15-5-4-12-21-15;/h4-5,12,14H,3,6-11,13H2,1-2H3,(H,18,19);1H. The smallest absolute Gasteiger partial charge is 0.193 e. The van der Waals surface area contributed by atoms with Gasteiger partial charge in [-0.15, -0.1) is 35.3 Å². The van der Waals surface area contributed by atoms with Crippen LogP contribution in [0.15, 0.2) is 22.5 Å². The normalized spacial score (nSPS) is 19.5. The number of guanidine groups is 1. The number of nitrogens with zero attached hydrogens (tertiary/aromatic N) is 2. The highest BCUT2D eigenvalue weighted by Crippen LogP contribution is 2.61. The predicted octanol–water partition coefficient (Wildman–Crippen LogP) is 4.00. The van der Waals surface area contributed by atoms with E-state index in [1.54, 1.807) is 0 Å². The molecule has 0 amide bonds. The van der Waals surface area contributed by atoms with Gasteiger partial charge in [-0.2, -0.15) is 0 Å².